The minimum Gasteiger partial charge on any atom is -0.343 e. The lowest BCUT2D eigenvalue weighted by molar-refractivity contribution is -0.128. The zero-order valence-corrected chi connectivity index (χ0v) is 10.0. The van der Waals surface area contributed by atoms with Gasteiger partial charge in [-0.05, 0) is 46.8 Å². The van der Waals surface area contributed by atoms with Crippen molar-refractivity contribution in [1.29, 1.82) is 0 Å². The van der Waals surface area contributed by atoms with E-state index in [1.54, 1.807) is 11.8 Å². The Bertz CT molecular complexity index is 149. The van der Waals surface area contributed by atoms with E-state index >= 15 is 0 Å². The number of likely N-dealkylation sites (tertiary alicyclic amines) is 1. The van der Waals surface area contributed by atoms with Crippen molar-refractivity contribution in [2.24, 2.45) is 0 Å². The van der Waals surface area contributed by atoms with Gasteiger partial charge in [0, 0.05) is 20.0 Å². The van der Waals surface area contributed by atoms with Crippen LogP contribution in [0.15, 0.2) is 0 Å². The van der Waals surface area contributed by atoms with Gasteiger partial charge in [-0.1, -0.05) is 0 Å². The van der Waals surface area contributed by atoms with E-state index in [2.05, 4.69) is 11.9 Å². The normalized spacial score (nSPS) is 16.0. The first-order chi connectivity index (χ1) is 6.61. The molecule has 1 rings (SSSR count). The van der Waals surface area contributed by atoms with Crippen molar-refractivity contribution in [3.8, 4) is 0 Å². The van der Waals surface area contributed by atoms with E-state index in [9.17, 15) is 4.79 Å². The fraction of sp³-hybridized carbons (Fsp3) is 0.909. The average Bonchev–Trinajstić information content (AvgIpc) is 2.58. The summed E-state index contributed by atoms with van der Waals surface area (Å²) in [5, 5.41) is 0. The standard InChI is InChI=1S/C6H13NO.C5H11N/c1-4-7(5-2)6(3)8;1-6-4-2-3-5-6/h4-5H2,1-3H3;2-5H2,1H3. The number of hydrogen-bond donors (Lipinski definition) is 0. The monoisotopic (exact) mass is 200 g/mol. The number of rotatable bonds is 2. The summed E-state index contributed by atoms with van der Waals surface area (Å²) in [5.74, 6) is 0.162. The number of carbonyl (C=O) groups is 1. The zero-order chi connectivity index (χ0) is 11.0. The maximum Gasteiger partial charge on any atom is 0.219 e. The molecule has 0 aliphatic carbocycles. The Hall–Kier alpha value is -0.570. The van der Waals surface area contributed by atoms with E-state index in [0.717, 1.165) is 13.1 Å². The molecule has 0 saturated carbocycles. The van der Waals surface area contributed by atoms with Gasteiger partial charge in [0.25, 0.3) is 0 Å². The molecule has 1 saturated heterocycles. The van der Waals surface area contributed by atoms with E-state index in [4.69, 9.17) is 0 Å². The molecule has 84 valence electrons. The number of carbonyl (C=O) groups excluding carboxylic acids is 1. The van der Waals surface area contributed by atoms with Gasteiger partial charge in [0.1, 0.15) is 0 Å². The van der Waals surface area contributed by atoms with Gasteiger partial charge in [-0.25, -0.2) is 0 Å². The molecular weight excluding hydrogens is 176 g/mol. The van der Waals surface area contributed by atoms with Crippen molar-refractivity contribution in [2.45, 2.75) is 33.6 Å². The molecule has 1 aliphatic rings. The van der Waals surface area contributed by atoms with Crippen molar-refractivity contribution in [2.75, 3.05) is 33.2 Å². The largest absolute Gasteiger partial charge is 0.343 e. The first-order valence-corrected chi connectivity index (χ1v) is 5.55. The second-order valence-electron chi connectivity index (χ2n) is 3.70. The summed E-state index contributed by atoms with van der Waals surface area (Å²) >= 11 is 0. The minimum absolute atomic E-state index is 0.162. The molecule has 0 aromatic heterocycles. The predicted molar refractivity (Wildman–Crippen MR) is 60.3 cm³/mol. The van der Waals surface area contributed by atoms with Gasteiger partial charge in [0.2, 0.25) is 5.91 Å². The molecule has 0 atom stereocenters. The van der Waals surface area contributed by atoms with Gasteiger partial charge in [-0.2, -0.15) is 0 Å². The van der Waals surface area contributed by atoms with Crippen LogP contribution in [0.5, 0.6) is 0 Å². The van der Waals surface area contributed by atoms with Crippen LogP contribution in [0.2, 0.25) is 0 Å². The van der Waals surface area contributed by atoms with Crippen molar-refractivity contribution in [3.63, 3.8) is 0 Å². The van der Waals surface area contributed by atoms with Gasteiger partial charge in [0.05, 0.1) is 0 Å². The minimum atomic E-state index is 0.162. The van der Waals surface area contributed by atoms with E-state index in [-0.39, 0.29) is 5.91 Å². The molecule has 0 unspecified atom stereocenters. The van der Waals surface area contributed by atoms with Crippen LogP contribution in [0.1, 0.15) is 33.6 Å². The number of nitrogens with zero attached hydrogens (tertiary/aromatic N) is 2. The summed E-state index contributed by atoms with van der Waals surface area (Å²) in [5.41, 5.74) is 0. The topological polar surface area (TPSA) is 23.6 Å². The zero-order valence-electron chi connectivity index (χ0n) is 10.0. The summed E-state index contributed by atoms with van der Waals surface area (Å²) in [7, 11) is 2.17. The maximum absolute atomic E-state index is 10.5. The summed E-state index contributed by atoms with van der Waals surface area (Å²) in [6.45, 7) is 9.83. The molecular formula is C11H24N2O. The molecule has 14 heavy (non-hydrogen) atoms. The lowest BCUT2D eigenvalue weighted by atomic mass is 10.4. The third-order valence-electron chi connectivity index (χ3n) is 2.54. The Morgan fingerprint density at radius 1 is 1.21 bits per heavy atom. The van der Waals surface area contributed by atoms with Crippen LogP contribution in [0, 0.1) is 0 Å². The van der Waals surface area contributed by atoms with E-state index < -0.39 is 0 Å². The highest BCUT2D eigenvalue weighted by atomic mass is 16.2. The van der Waals surface area contributed by atoms with Gasteiger partial charge >= 0.3 is 0 Å². The molecule has 3 heteroatoms. The van der Waals surface area contributed by atoms with Crippen LogP contribution in [-0.2, 0) is 4.79 Å². The first-order valence-electron chi connectivity index (χ1n) is 5.55. The van der Waals surface area contributed by atoms with Crippen molar-refractivity contribution < 1.29 is 4.79 Å². The van der Waals surface area contributed by atoms with Crippen molar-refractivity contribution >= 4 is 5.91 Å². The number of hydrogen-bond acceptors (Lipinski definition) is 2. The quantitative estimate of drug-likeness (QED) is 0.676. The fourth-order valence-electron chi connectivity index (χ4n) is 1.54. The Morgan fingerprint density at radius 2 is 1.64 bits per heavy atom. The summed E-state index contributed by atoms with van der Waals surface area (Å²) in [4.78, 5) is 14.7. The van der Waals surface area contributed by atoms with Gasteiger partial charge in [-0.15, -0.1) is 0 Å². The predicted octanol–water partition coefficient (Wildman–Crippen LogP) is 1.59. The van der Waals surface area contributed by atoms with Crippen LogP contribution in [0.3, 0.4) is 0 Å². The van der Waals surface area contributed by atoms with E-state index in [0.29, 0.717) is 0 Å². The third kappa shape index (κ3) is 5.97. The van der Waals surface area contributed by atoms with Crippen molar-refractivity contribution in [1.82, 2.24) is 9.80 Å². The summed E-state index contributed by atoms with van der Waals surface area (Å²) in [6.07, 6.45) is 2.83. The van der Waals surface area contributed by atoms with E-state index in [1.807, 2.05) is 13.8 Å². The van der Waals surface area contributed by atoms with Gasteiger partial charge in [-0.3, -0.25) is 4.79 Å². The van der Waals surface area contributed by atoms with Gasteiger partial charge in [0.15, 0.2) is 0 Å². The van der Waals surface area contributed by atoms with Crippen LogP contribution in [-0.4, -0.2) is 48.9 Å². The molecule has 1 fully saturated rings. The molecule has 0 aromatic carbocycles. The highest BCUT2D eigenvalue weighted by Crippen LogP contribution is 2.02. The van der Waals surface area contributed by atoms with Crippen molar-refractivity contribution in [3.05, 3.63) is 0 Å². The Labute approximate surface area is 88.1 Å². The lowest BCUT2D eigenvalue weighted by Crippen LogP contribution is -2.27. The molecule has 1 heterocycles. The highest BCUT2D eigenvalue weighted by molar-refractivity contribution is 5.73. The van der Waals surface area contributed by atoms with Gasteiger partial charge < -0.3 is 9.80 Å². The third-order valence-corrected chi connectivity index (χ3v) is 2.54. The second kappa shape index (κ2) is 7.80. The van der Waals surface area contributed by atoms with Crippen LogP contribution < -0.4 is 0 Å². The van der Waals surface area contributed by atoms with E-state index in [1.165, 1.54) is 25.9 Å². The molecule has 0 bridgehead atoms. The van der Waals surface area contributed by atoms with Crippen LogP contribution in [0.25, 0.3) is 0 Å². The molecule has 0 spiro atoms. The molecule has 1 amide bonds. The Balaban J connectivity index is 0.000000249. The maximum atomic E-state index is 10.5. The number of amides is 1. The molecule has 0 radical (unpaired) electrons. The highest BCUT2D eigenvalue weighted by Gasteiger charge is 2.03. The molecule has 0 N–H and O–H groups in total. The lowest BCUT2D eigenvalue weighted by Gasteiger charge is -2.14. The average molecular weight is 200 g/mol. The first kappa shape index (κ1) is 13.4. The summed E-state index contributed by atoms with van der Waals surface area (Å²) in [6, 6.07) is 0. The molecule has 0 aromatic rings. The van der Waals surface area contributed by atoms with Crippen LogP contribution in [0.4, 0.5) is 0 Å². The summed E-state index contributed by atoms with van der Waals surface area (Å²) < 4.78 is 0. The Morgan fingerprint density at radius 3 is 1.71 bits per heavy atom. The molecule has 3 nitrogen and oxygen atoms in total. The molecule has 1 aliphatic heterocycles. The SMILES string of the molecule is CCN(CC)C(C)=O.CN1CCCC1. The smallest absolute Gasteiger partial charge is 0.219 e. The second-order valence-corrected chi connectivity index (χ2v) is 3.70. The van der Waals surface area contributed by atoms with Crippen LogP contribution >= 0.6 is 0 Å². The Kier molecular flexibility index (Phi) is 7.48. The fourth-order valence-corrected chi connectivity index (χ4v) is 1.54.